The third-order valence-corrected chi connectivity index (χ3v) is 5.85. The van der Waals surface area contributed by atoms with Crippen molar-refractivity contribution in [3.05, 3.63) is 81.8 Å². The monoisotopic (exact) mass is 468 g/mol. The molecular weight excluding hydrogens is 440 g/mol. The van der Waals surface area contributed by atoms with Crippen LogP contribution in [0.15, 0.2) is 59.5 Å². The maximum atomic E-state index is 12.4. The second-order valence-electron chi connectivity index (χ2n) is 8.43. The lowest BCUT2D eigenvalue weighted by atomic mass is 9.82. The molecule has 0 spiro atoms. The van der Waals surface area contributed by atoms with Crippen molar-refractivity contribution in [2.45, 2.75) is 19.3 Å². The molecule has 0 bridgehead atoms. The second kappa shape index (κ2) is 9.64. The summed E-state index contributed by atoms with van der Waals surface area (Å²) in [5.74, 6) is 0.608. The molecule has 2 aromatic carbocycles. The molecule has 3 N–H and O–H groups in total. The summed E-state index contributed by atoms with van der Waals surface area (Å²) < 4.78 is 30.9. The molecule has 8 heteroatoms. The molecule has 0 saturated heterocycles. The average molecular weight is 469 g/mol. The molecule has 174 valence electrons. The average Bonchev–Trinajstić information content (AvgIpc) is 2.77. The molecule has 0 unspecified atom stereocenters. The lowest BCUT2D eigenvalue weighted by Crippen LogP contribution is -2.23. The number of methoxy groups -OCH3 is 1. The Morgan fingerprint density at radius 2 is 1.82 bits per heavy atom. The first kappa shape index (κ1) is 24.3. The Morgan fingerprint density at radius 1 is 1.12 bits per heavy atom. The lowest BCUT2D eigenvalue weighted by Gasteiger charge is -2.26. The number of aromatic amines is 1. The topological polar surface area (TPSA) is 108 Å². The van der Waals surface area contributed by atoms with Crippen molar-refractivity contribution in [1.29, 1.82) is 0 Å². The molecule has 0 fully saturated rings. The minimum atomic E-state index is -3.34. The number of sulfonamides is 1. The van der Waals surface area contributed by atoms with Crippen LogP contribution in [0.4, 0.5) is 5.69 Å². The maximum Gasteiger partial charge on any atom is 0.255 e. The number of pyridine rings is 1. The number of nitrogens with one attached hydrogen (secondary N) is 2. The Bertz CT molecular complexity index is 1320. The van der Waals surface area contributed by atoms with E-state index < -0.39 is 15.4 Å². The smallest absolute Gasteiger partial charge is 0.255 e. The SMILES string of the molecule is COc1c(/C=C/c2ccc(NS(C)(=O)=O)cc2)cc(-c2ccc[nH]c2=O)cc1C(C)(C)CO. The minimum Gasteiger partial charge on any atom is -0.496 e. The largest absolute Gasteiger partial charge is 0.496 e. The van der Waals surface area contributed by atoms with Gasteiger partial charge in [-0.3, -0.25) is 9.52 Å². The zero-order valence-corrected chi connectivity index (χ0v) is 19.9. The van der Waals surface area contributed by atoms with E-state index in [1.807, 2.05) is 38.1 Å². The van der Waals surface area contributed by atoms with Gasteiger partial charge in [0, 0.05) is 34.0 Å². The first-order valence-corrected chi connectivity index (χ1v) is 12.2. The molecule has 3 rings (SSSR count). The summed E-state index contributed by atoms with van der Waals surface area (Å²) in [6, 6.07) is 14.2. The first-order chi connectivity index (χ1) is 15.5. The van der Waals surface area contributed by atoms with Gasteiger partial charge in [0.2, 0.25) is 10.0 Å². The molecular formula is C25H28N2O5S. The fourth-order valence-corrected chi connectivity index (χ4v) is 4.02. The summed E-state index contributed by atoms with van der Waals surface area (Å²) in [5, 5.41) is 10.00. The highest BCUT2D eigenvalue weighted by molar-refractivity contribution is 7.92. The van der Waals surface area contributed by atoms with Crippen LogP contribution in [0.1, 0.15) is 30.5 Å². The Hall–Kier alpha value is -3.36. The zero-order valence-electron chi connectivity index (χ0n) is 19.0. The summed E-state index contributed by atoms with van der Waals surface area (Å²) in [4.78, 5) is 15.1. The number of hydrogen-bond donors (Lipinski definition) is 3. The van der Waals surface area contributed by atoms with Crippen LogP contribution in [-0.4, -0.2) is 38.5 Å². The van der Waals surface area contributed by atoms with Crippen molar-refractivity contribution in [1.82, 2.24) is 4.98 Å². The normalized spacial score (nSPS) is 12.2. The van der Waals surface area contributed by atoms with Crippen LogP contribution in [0.25, 0.3) is 23.3 Å². The quantitative estimate of drug-likeness (QED) is 0.435. The second-order valence-corrected chi connectivity index (χ2v) is 10.2. The van der Waals surface area contributed by atoms with E-state index in [9.17, 15) is 18.3 Å². The van der Waals surface area contributed by atoms with E-state index in [4.69, 9.17) is 4.74 Å². The zero-order chi connectivity index (χ0) is 24.2. The van der Waals surface area contributed by atoms with Gasteiger partial charge in [-0.2, -0.15) is 0 Å². The number of anilines is 1. The number of benzene rings is 2. The van der Waals surface area contributed by atoms with Crippen LogP contribution in [0.3, 0.4) is 0 Å². The molecule has 0 atom stereocenters. The molecule has 3 aromatic rings. The van der Waals surface area contributed by atoms with Crippen molar-refractivity contribution in [3.8, 4) is 16.9 Å². The highest BCUT2D eigenvalue weighted by Gasteiger charge is 2.26. The van der Waals surface area contributed by atoms with Gasteiger partial charge in [-0.15, -0.1) is 0 Å². The van der Waals surface area contributed by atoms with Crippen molar-refractivity contribution in [2.75, 3.05) is 24.7 Å². The van der Waals surface area contributed by atoms with E-state index in [-0.39, 0.29) is 12.2 Å². The van der Waals surface area contributed by atoms with Crippen LogP contribution in [0, 0.1) is 0 Å². The fourth-order valence-electron chi connectivity index (χ4n) is 3.46. The highest BCUT2D eigenvalue weighted by atomic mass is 32.2. The van der Waals surface area contributed by atoms with Crippen LogP contribution in [0.5, 0.6) is 5.75 Å². The molecule has 0 saturated carbocycles. The summed E-state index contributed by atoms with van der Waals surface area (Å²) in [5.41, 5.74) is 3.26. The fraction of sp³-hybridized carbons (Fsp3) is 0.240. The van der Waals surface area contributed by atoms with Crippen molar-refractivity contribution in [2.24, 2.45) is 0 Å². The number of aliphatic hydroxyl groups excluding tert-OH is 1. The van der Waals surface area contributed by atoms with Gasteiger partial charge in [-0.25, -0.2) is 8.42 Å². The lowest BCUT2D eigenvalue weighted by molar-refractivity contribution is 0.215. The van der Waals surface area contributed by atoms with Gasteiger partial charge in [0.1, 0.15) is 5.75 Å². The van der Waals surface area contributed by atoms with E-state index in [1.54, 1.807) is 49.7 Å². The molecule has 0 amide bonds. The summed E-state index contributed by atoms with van der Waals surface area (Å²) in [6.45, 7) is 3.71. The number of hydrogen-bond acceptors (Lipinski definition) is 5. The molecule has 0 aliphatic rings. The van der Waals surface area contributed by atoms with E-state index in [0.717, 1.165) is 22.9 Å². The predicted molar refractivity (Wildman–Crippen MR) is 133 cm³/mol. The third-order valence-electron chi connectivity index (χ3n) is 5.24. The number of aliphatic hydroxyl groups is 1. The molecule has 1 aromatic heterocycles. The van der Waals surface area contributed by atoms with Gasteiger partial charge in [0.25, 0.3) is 5.56 Å². The van der Waals surface area contributed by atoms with Crippen LogP contribution < -0.4 is 15.0 Å². The van der Waals surface area contributed by atoms with Gasteiger partial charge in [0.15, 0.2) is 0 Å². The van der Waals surface area contributed by atoms with Crippen molar-refractivity contribution in [3.63, 3.8) is 0 Å². The van der Waals surface area contributed by atoms with Gasteiger partial charge in [-0.05, 0) is 47.5 Å². The maximum absolute atomic E-state index is 12.4. The first-order valence-electron chi connectivity index (χ1n) is 10.3. The Labute approximate surface area is 193 Å². The molecule has 0 radical (unpaired) electrons. The van der Waals surface area contributed by atoms with E-state index >= 15 is 0 Å². The van der Waals surface area contributed by atoms with Crippen LogP contribution in [-0.2, 0) is 15.4 Å². The summed E-state index contributed by atoms with van der Waals surface area (Å²) in [6.07, 6.45) is 6.42. The number of aromatic nitrogens is 1. The Kier molecular flexibility index (Phi) is 7.09. The van der Waals surface area contributed by atoms with Crippen LogP contribution in [0.2, 0.25) is 0 Å². The predicted octanol–water partition coefficient (Wildman–Crippen LogP) is 3.86. The minimum absolute atomic E-state index is 0.101. The standard InChI is InChI=1S/C25H28N2O5S/c1-25(2,16-28)22-15-19(21-6-5-13-26-24(21)29)14-18(23(22)32-3)10-7-17-8-11-20(12-9-17)27-33(4,30)31/h5-15,27-28H,16H2,1-4H3,(H,26,29)/b10-7+. The van der Waals surface area contributed by atoms with Gasteiger partial charge in [-0.1, -0.05) is 38.1 Å². The molecule has 0 aliphatic carbocycles. The molecule has 0 aliphatic heterocycles. The number of H-pyrrole nitrogens is 1. The van der Waals surface area contributed by atoms with Gasteiger partial charge >= 0.3 is 0 Å². The van der Waals surface area contributed by atoms with Crippen LogP contribution >= 0.6 is 0 Å². The van der Waals surface area contributed by atoms with Gasteiger partial charge < -0.3 is 14.8 Å². The van der Waals surface area contributed by atoms with E-state index in [1.165, 1.54) is 0 Å². The molecule has 7 nitrogen and oxygen atoms in total. The Morgan fingerprint density at radius 3 is 2.39 bits per heavy atom. The number of ether oxygens (including phenoxy) is 1. The van der Waals surface area contributed by atoms with Crippen molar-refractivity contribution < 1.29 is 18.3 Å². The van der Waals surface area contributed by atoms with Crippen molar-refractivity contribution >= 4 is 27.9 Å². The number of rotatable bonds is 8. The van der Waals surface area contributed by atoms with E-state index in [2.05, 4.69) is 9.71 Å². The van der Waals surface area contributed by atoms with E-state index in [0.29, 0.717) is 22.6 Å². The molecule has 33 heavy (non-hydrogen) atoms. The molecule has 1 heterocycles. The summed E-state index contributed by atoms with van der Waals surface area (Å²) >= 11 is 0. The third kappa shape index (κ3) is 5.91. The van der Waals surface area contributed by atoms with Gasteiger partial charge in [0.05, 0.1) is 20.0 Å². The Balaban J connectivity index is 2.10. The highest BCUT2D eigenvalue weighted by Crippen LogP contribution is 2.38. The summed E-state index contributed by atoms with van der Waals surface area (Å²) in [7, 11) is -1.77.